The van der Waals surface area contributed by atoms with Gasteiger partial charge < -0.3 is 10.6 Å². The van der Waals surface area contributed by atoms with Gasteiger partial charge >= 0.3 is 0 Å². The lowest BCUT2D eigenvalue weighted by atomic mass is 10.00. The minimum absolute atomic E-state index is 0.00447. The zero-order chi connectivity index (χ0) is 21.8. The molecule has 2 N–H and O–H groups in total. The van der Waals surface area contributed by atoms with Gasteiger partial charge in [-0.15, -0.1) is 0 Å². The molecule has 31 heavy (non-hydrogen) atoms. The van der Waals surface area contributed by atoms with Gasteiger partial charge in [0, 0.05) is 24.8 Å². The van der Waals surface area contributed by atoms with E-state index in [1.165, 1.54) is 15.1 Å². The van der Waals surface area contributed by atoms with Gasteiger partial charge in [-0.2, -0.15) is 4.31 Å². The van der Waals surface area contributed by atoms with Gasteiger partial charge in [0.25, 0.3) is 0 Å². The molecule has 0 unspecified atom stereocenters. The maximum Gasteiger partial charge on any atom is 0.243 e. The predicted octanol–water partition coefficient (Wildman–Crippen LogP) is 3.91. The Balaban J connectivity index is 1.35. The number of carbonyl (C=O) groups excluding carboxylic acids is 1. The molecule has 0 aliphatic carbocycles. The second kappa shape index (κ2) is 9.18. The molecular formula is C24H27N3O3S. The first kappa shape index (κ1) is 21.5. The Kier molecular flexibility index (Phi) is 6.36. The lowest BCUT2D eigenvalue weighted by Crippen LogP contribution is -2.30. The number of hydrogen-bond donors (Lipinski definition) is 2. The molecular weight excluding hydrogens is 410 g/mol. The van der Waals surface area contributed by atoms with Gasteiger partial charge in [0.2, 0.25) is 15.9 Å². The van der Waals surface area contributed by atoms with E-state index in [0.29, 0.717) is 18.8 Å². The third kappa shape index (κ3) is 4.79. The maximum absolute atomic E-state index is 12.6. The smallest absolute Gasteiger partial charge is 0.243 e. The number of fused-ring (bicyclic) bond motifs is 1. The molecule has 7 heteroatoms. The summed E-state index contributed by atoms with van der Waals surface area (Å²) >= 11 is 0. The van der Waals surface area contributed by atoms with Crippen molar-refractivity contribution in [2.75, 3.05) is 25.0 Å². The molecule has 0 spiro atoms. The van der Waals surface area contributed by atoms with E-state index >= 15 is 0 Å². The van der Waals surface area contributed by atoms with Crippen LogP contribution in [0.5, 0.6) is 0 Å². The van der Waals surface area contributed by atoms with Crippen molar-refractivity contribution in [3.05, 3.63) is 72.3 Å². The minimum Gasteiger partial charge on any atom is -0.325 e. The van der Waals surface area contributed by atoms with E-state index in [0.717, 1.165) is 18.4 Å². The van der Waals surface area contributed by atoms with E-state index in [-0.39, 0.29) is 23.4 Å². The summed E-state index contributed by atoms with van der Waals surface area (Å²) in [6.07, 6.45) is 1.80. The van der Waals surface area contributed by atoms with Crippen LogP contribution < -0.4 is 10.6 Å². The third-order valence-electron chi connectivity index (χ3n) is 5.70. The summed E-state index contributed by atoms with van der Waals surface area (Å²) in [7, 11) is -3.45. The monoisotopic (exact) mass is 437 g/mol. The van der Waals surface area contributed by atoms with Gasteiger partial charge in [0.1, 0.15) is 0 Å². The highest BCUT2D eigenvalue weighted by atomic mass is 32.2. The number of carbonyl (C=O) groups is 1. The fourth-order valence-electron chi connectivity index (χ4n) is 3.98. The SMILES string of the molecule is C[C@H](NCC(=O)Nc1ccc(S(=O)(=O)N2CCCC2)cc1)c1cccc2ccccc12. The second-order valence-corrected chi connectivity index (χ2v) is 9.79. The van der Waals surface area contributed by atoms with Gasteiger partial charge in [0.05, 0.1) is 11.4 Å². The topological polar surface area (TPSA) is 78.5 Å². The van der Waals surface area contributed by atoms with E-state index in [9.17, 15) is 13.2 Å². The minimum atomic E-state index is -3.45. The first-order valence-corrected chi connectivity index (χ1v) is 12.0. The van der Waals surface area contributed by atoms with Gasteiger partial charge in [-0.05, 0) is 60.4 Å². The summed E-state index contributed by atoms with van der Waals surface area (Å²) in [5.41, 5.74) is 1.72. The van der Waals surface area contributed by atoms with Crippen molar-refractivity contribution in [2.24, 2.45) is 0 Å². The Morgan fingerprint density at radius 3 is 2.39 bits per heavy atom. The number of sulfonamides is 1. The van der Waals surface area contributed by atoms with Crippen molar-refractivity contribution < 1.29 is 13.2 Å². The first-order chi connectivity index (χ1) is 14.9. The van der Waals surface area contributed by atoms with Crippen molar-refractivity contribution in [3.63, 3.8) is 0 Å². The van der Waals surface area contributed by atoms with E-state index in [1.807, 2.05) is 25.1 Å². The van der Waals surface area contributed by atoms with Gasteiger partial charge in [-0.25, -0.2) is 8.42 Å². The molecule has 1 heterocycles. The van der Waals surface area contributed by atoms with Crippen LogP contribution in [0.25, 0.3) is 10.8 Å². The summed E-state index contributed by atoms with van der Waals surface area (Å²) in [5, 5.41) is 8.43. The average Bonchev–Trinajstić information content (AvgIpc) is 3.33. The average molecular weight is 438 g/mol. The van der Waals surface area contributed by atoms with Crippen molar-refractivity contribution in [2.45, 2.75) is 30.7 Å². The Labute approximate surface area is 183 Å². The molecule has 0 aromatic heterocycles. The fraction of sp³-hybridized carbons (Fsp3) is 0.292. The second-order valence-electron chi connectivity index (χ2n) is 7.85. The van der Waals surface area contributed by atoms with Gasteiger partial charge in [-0.3, -0.25) is 4.79 Å². The Morgan fingerprint density at radius 1 is 0.968 bits per heavy atom. The number of benzene rings is 3. The standard InChI is InChI=1S/C24H27N3O3S/c1-18(22-10-6-8-19-7-2-3-9-23(19)22)25-17-24(28)26-20-11-13-21(14-12-20)31(29,30)27-15-4-5-16-27/h2-3,6-14,18,25H,4-5,15-17H2,1H3,(H,26,28)/t18-/m0/s1. The lowest BCUT2D eigenvalue weighted by Gasteiger charge is -2.17. The van der Waals surface area contributed by atoms with Crippen LogP contribution in [0, 0.1) is 0 Å². The van der Waals surface area contributed by atoms with Crippen LogP contribution >= 0.6 is 0 Å². The van der Waals surface area contributed by atoms with Crippen molar-refractivity contribution >= 4 is 32.4 Å². The zero-order valence-electron chi connectivity index (χ0n) is 17.5. The molecule has 1 atom stereocenters. The molecule has 3 aromatic carbocycles. The third-order valence-corrected chi connectivity index (χ3v) is 7.61. The lowest BCUT2D eigenvalue weighted by molar-refractivity contribution is -0.115. The number of anilines is 1. The number of hydrogen-bond acceptors (Lipinski definition) is 4. The molecule has 6 nitrogen and oxygen atoms in total. The Morgan fingerprint density at radius 2 is 1.65 bits per heavy atom. The highest BCUT2D eigenvalue weighted by Crippen LogP contribution is 2.24. The van der Waals surface area contributed by atoms with Crippen molar-refractivity contribution in [3.8, 4) is 0 Å². The molecule has 0 saturated carbocycles. The number of nitrogens with zero attached hydrogens (tertiary/aromatic N) is 1. The van der Waals surface area contributed by atoms with Crippen LogP contribution in [0.1, 0.15) is 31.4 Å². The molecule has 1 aliphatic rings. The first-order valence-electron chi connectivity index (χ1n) is 10.6. The van der Waals surface area contributed by atoms with E-state index < -0.39 is 10.0 Å². The highest BCUT2D eigenvalue weighted by Gasteiger charge is 2.26. The molecule has 162 valence electrons. The highest BCUT2D eigenvalue weighted by molar-refractivity contribution is 7.89. The van der Waals surface area contributed by atoms with Crippen molar-refractivity contribution in [1.29, 1.82) is 0 Å². The molecule has 0 radical (unpaired) electrons. The Bertz CT molecular complexity index is 1160. The number of amides is 1. The summed E-state index contributed by atoms with van der Waals surface area (Å²) in [5.74, 6) is -0.178. The molecule has 1 aliphatic heterocycles. The van der Waals surface area contributed by atoms with Crippen LogP contribution in [0.2, 0.25) is 0 Å². The van der Waals surface area contributed by atoms with E-state index in [1.54, 1.807) is 24.3 Å². The Hall–Kier alpha value is -2.74. The van der Waals surface area contributed by atoms with Gasteiger partial charge in [0.15, 0.2) is 0 Å². The maximum atomic E-state index is 12.6. The zero-order valence-corrected chi connectivity index (χ0v) is 18.4. The van der Waals surface area contributed by atoms with E-state index in [2.05, 4.69) is 34.9 Å². The van der Waals surface area contributed by atoms with Crippen LogP contribution in [-0.2, 0) is 14.8 Å². The number of nitrogens with one attached hydrogen (secondary N) is 2. The summed E-state index contributed by atoms with van der Waals surface area (Å²) in [4.78, 5) is 12.7. The van der Waals surface area contributed by atoms with Crippen LogP contribution in [0.4, 0.5) is 5.69 Å². The molecule has 1 amide bonds. The molecule has 3 aromatic rings. The molecule has 1 saturated heterocycles. The molecule has 0 bridgehead atoms. The van der Waals surface area contributed by atoms with Crippen LogP contribution in [-0.4, -0.2) is 38.3 Å². The van der Waals surface area contributed by atoms with Crippen LogP contribution in [0.3, 0.4) is 0 Å². The summed E-state index contributed by atoms with van der Waals surface area (Å²) in [6, 6.07) is 20.7. The van der Waals surface area contributed by atoms with Crippen LogP contribution in [0.15, 0.2) is 71.6 Å². The summed E-state index contributed by atoms with van der Waals surface area (Å²) < 4.78 is 26.7. The molecule has 1 fully saturated rings. The van der Waals surface area contributed by atoms with Gasteiger partial charge in [-0.1, -0.05) is 42.5 Å². The summed E-state index contributed by atoms with van der Waals surface area (Å²) in [6.45, 7) is 3.33. The van der Waals surface area contributed by atoms with E-state index in [4.69, 9.17) is 0 Å². The predicted molar refractivity (Wildman–Crippen MR) is 123 cm³/mol. The largest absolute Gasteiger partial charge is 0.325 e. The number of rotatable bonds is 7. The fourth-order valence-corrected chi connectivity index (χ4v) is 5.49. The quantitative estimate of drug-likeness (QED) is 0.587. The normalized spacial score (nSPS) is 15.8. The molecule has 4 rings (SSSR count). The van der Waals surface area contributed by atoms with Crippen molar-refractivity contribution in [1.82, 2.24) is 9.62 Å².